The first-order chi connectivity index (χ1) is 9.67. The molecule has 0 aliphatic heterocycles. The van der Waals surface area contributed by atoms with Gasteiger partial charge >= 0.3 is 11.9 Å². The van der Waals surface area contributed by atoms with Crippen LogP contribution in [0.3, 0.4) is 0 Å². The Balaban J connectivity index is 2.47. The molecule has 108 valence electrons. The third-order valence-electron chi connectivity index (χ3n) is 2.62. The summed E-state index contributed by atoms with van der Waals surface area (Å²) in [5, 5.41) is 0. The van der Waals surface area contributed by atoms with Crippen LogP contribution in [0.1, 0.15) is 25.3 Å². The van der Waals surface area contributed by atoms with E-state index in [1.54, 1.807) is 0 Å². The van der Waals surface area contributed by atoms with Gasteiger partial charge in [0.25, 0.3) is 0 Å². The minimum absolute atomic E-state index is 0.183. The van der Waals surface area contributed by atoms with Crippen molar-refractivity contribution >= 4 is 18.2 Å². The molecule has 1 rings (SSSR count). The van der Waals surface area contributed by atoms with E-state index in [1.165, 1.54) is 7.11 Å². The van der Waals surface area contributed by atoms with E-state index in [2.05, 4.69) is 9.73 Å². The Bertz CT molecular complexity index is 456. The molecule has 0 aliphatic rings. The van der Waals surface area contributed by atoms with Crippen molar-refractivity contribution in [1.29, 1.82) is 0 Å². The third kappa shape index (κ3) is 5.65. The molecule has 0 aliphatic carbocycles. The molecule has 0 bridgehead atoms. The lowest BCUT2D eigenvalue weighted by molar-refractivity contribution is -0.142. The molecule has 0 saturated carbocycles. The van der Waals surface area contributed by atoms with Gasteiger partial charge in [-0.05, 0) is 12.0 Å². The molecule has 5 nitrogen and oxygen atoms in total. The third-order valence-corrected chi connectivity index (χ3v) is 2.62. The number of hydrogen-bond acceptors (Lipinski definition) is 5. The molecule has 0 amide bonds. The zero-order valence-electron chi connectivity index (χ0n) is 11.7. The Kier molecular flexibility index (Phi) is 7.03. The van der Waals surface area contributed by atoms with Crippen LogP contribution in [0.2, 0.25) is 0 Å². The lowest BCUT2D eigenvalue weighted by Crippen LogP contribution is -2.21. The molecule has 0 radical (unpaired) electrons. The number of methoxy groups -OCH3 is 1. The molecule has 0 heterocycles. The summed E-state index contributed by atoms with van der Waals surface area (Å²) in [4.78, 5) is 26.8. The summed E-state index contributed by atoms with van der Waals surface area (Å²) in [5.74, 6) is -1.02. The SMILES string of the molecule is CCC[C@H](N=CC(=O)OCc1ccccc1)C(=O)OC. The van der Waals surface area contributed by atoms with Gasteiger partial charge in [0.1, 0.15) is 18.9 Å². The van der Waals surface area contributed by atoms with Crippen LogP contribution in [0.5, 0.6) is 0 Å². The van der Waals surface area contributed by atoms with E-state index < -0.39 is 18.0 Å². The van der Waals surface area contributed by atoms with Crippen LogP contribution in [0.25, 0.3) is 0 Å². The summed E-state index contributed by atoms with van der Waals surface area (Å²) < 4.78 is 9.65. The van der Waals surface area contributed by atoms with Gasteiger partial charge in [-0.3, -0.25) is 4.99 Å². The second-order valence-corrected chi connectivity index (χ2v) is 4.20. The second-order valence-electron chi connectivity index (χ2n) is 4.20. The quantitative estimate of drug-likeness (QED) is 0.566. The van der Waals surface area contributed by atoms with Gasteiger partial charge in [0.15, 0.2) is 0 Å². The predicted octanol–water partition coefficient (Wildman–Crippen LogP) is 2.14. The molecule has 1 atom stereocenters. The summed E-state index contributed by atoms with van der Waals surface area (Å²) >= 11 is 0. The van der Waals surface area contributed by atoms with Gasteiger partial charge in [-0.2, -0.15) is 0 Å². The lowest BCUT2D eigenvalue weighted by atomic mass is 10.2. The van der Waals surface area contributed by atoms with Gasteiger partial charge < -0.3 is 9.47 Å². The van der Waals surface area contributed by atoms with Crippen LogP contribution >= 0.6 is 0 Å². The summed E-state index contributed by atoms with van der Waals surface area (Å²) in [7, 11) is 1.30. The van der Waals surface area contributed by atoms with E-state index in [1.807, 2.05) is 37.3 Å². The fraction of sp³-hybridized carbons (Fsp3) is 0.400. The van der Waals surface area contributed by atoms with E-state index in [4.69, 9.17) is 4.74 Å². The maximum absolute atomic E-state index is 11.5. The molecule has 0 unspecified atom stereocenters. The van der Waals surface area contributed by atoms with Gasteiger partial charge in [-0.25, -0.2) is 9.59 Å². The molecule has 0 aromatic heterocycles. The molecule has 0 spiro atoms. The first kappa shape index (κ1) is 15.9. The highest BCUT2D eigenvalue weighted by atomic mass is 16.5. The highest BCUT2D eigenvalue weighted by molar-refractivity contribution is 6.23. The number of hydrogen-bond donors (Lipinski definition) is 0. The van der Waals surface area contributed by atoms with E-state index >= 15 is 0 Å². The zero-order chi connectivity index (χ0) is 14.8. The fourth-order valence-electron chi connectivity index (χ4n) is 1.58. The van der Waals surface area contributed by atoms with Crippen LogP contribution in [-0.2, 0) is 25.7 Å². The number of rotatable bonds is 7. The largest absolute Gasteiger partial charge is 0.467 e. The molecular weight excluding hydrogens is 258 g/mol. The van der Waals surface area contributed by atoms with E-state index in [9.17, 15) is 9.59 Å². The Morgan fingerprint density at radius 1 is 1.30 bits per heavy atom. The Labute approximate surface area is 118 Å². The first-order valence-electron chi connectivity index (χ1n) is 6.49. The van der Waals surface area contributed by atoms with Crippen LogP contribution in [-0.4, -0.2) is 31.3 Å². The molecule has 1 aromatic rings. The van der Waals surface area contributed by atoms with E-state index in [-0.39, 0.29) is 6.61 Å². The minimum Gasteiger partial charge on any atom is -0.467 e. The van der Waals surface area contributed by atoms with Gasteiger partial charge in [0, 0.05) is 0 Å². The van der Waals surface area contributed by atoms with E-state index in [0.717, 1.165) is 18.2 Å². The zero-order valence-corrected chi connectivity index (χ0v) is 11.7. The molecule has 0 saturated heterocycles. The average Bonchev–Trinajstić information content (AvgIpc) is 2.49. The Morgan fingerprint density at radius 2 is 2.00 bits per heavy atom. The standard InChI is InChI=1S/C15H19NO4/c1-3-7-13(15(18)19-2)16-10-14(17)20-11-12-8-5-4-6-9-12/h4-6,8-10,13H,3,7,11H2,1-2H3/t13-/m0/s1. The number of carbonyl (C=O) groups is 2. The van der Waals surface area contributed by atoms with Crippen molar-refractivity contribution in [2.75, 3.05) is 7.11 Å². The van der Waals surface area contributed by atoms with Gasteiger partial charge in [0.2, 0.25) is 0 Å². The lowest BCUT2D eigenvalue weighted by Gasteiger charge is -2.08. The Hall–Kier alpha value is -2.17. The molecule has 20 heavy (non-hydrogen) atoms. The number of carbonyl (C=O) groups excluding carboxylic acids is 2. The molecule has 0 fully saturated rings. The highest BCUT2D eigenvalue weighted by Gasteiger charge is 2.16. The molecule has 1 aromatic carbocycles. The number of nitrogens with zero attached hydrogens (tertiary/aromatic N) is 1. The summed E-state index contributed by atoms with van der Waals surface area (Å²) in [6.45, 7) is 2.11. The van der Waals surface area contributed by atoms with Crippen LogP contribution in [0.15, 0.2) is 35.3 Å². The van der Waals surface area contributed by atoms with Crippen molar-refractivity contribution in [3.05, 3.63) is 35.9 Å². The van der Waals surface area contributed by atoms with Crippen molar-refractivity contribution in [3.8, 4) is 0 Å². The topological polar surface area (TPSA) is 65.0 Å². The highest BCUT2D eigenvalue weighted by Crippen LogP contribution is 2.04. The number of ether oxygens (including phenoxy) is 2. The molecule has 5 heteroatoms. The van der Waals surface area contributed by atoms with Crippen molar-refractivity contribution < 1.29 is 19.1 Å². The maximum Gasteiger partial charge on any atom is 0.349 e. The predicted molar refractivity (Wildman–Crippen MR) is 75.4 cm³/mol. The molecular formula is C15H19NO4. The number of esters is 2. The minimum atomic E-state index is -0.644. The van der Waals surface area contributed by atoms with Crippen molar-refractivity contribution in [1.82, 2.24) is 0 Å². The summed E-state index contributed by atoms with van der Waals surface area (Å²) in [6, 6.07) is 8.70. The van der Waals surface area contributed by atoms with Gasteiger partial charge in [-0.15, -0.1) is 0 Å². The number of aliphatic imine (C=N–C) groups is 1. The normalized spacial score (nSPS) is 12.1. The second kappa shape index (κ2) is 8.85. The van der Waals surface area contributed by atoms with Crippen LogP contribution in [0.4, 0.5) is 0 Å². The average molecular weight is 277 g/mol. The van der Waals surface area contributed by atoms with Crippen molar-refractivity contribution in [2.24, 2.45) is 4.99 Å². The monoisotopic (exact) mass is 277 g/mol. The number of benzene rings is 1. The summed E-state index contributed by atoms with van der Waals surface area (Å²) in [6.07, 6.45) is 2.35. The first-order valence-corrected chi connectivity index (χ1v) is 6.49. The fourth-order valence-corrected chi connectivity index (χ4v) is 1.58. The van der Waals surface area contributed by atoms with E-state index in [0.29, 0.717) is 6.42 Å². The smallest absolute Gasteiger partial charge is 0.349 e. The summed E-state index contributed by atoms with van der Waals surface area (Å²) in [5.41, 5.74) is 0.896. The van der Waals surface area contributed by atoms with Crippen molar-refractivity contribution in [3.63, 3.8) is 0 Å². The molecule has 0 N–H and O–H groups in total. The maximum atomic E-state index is 11.5. The van der Waals surface area contributed by atoms with Gasteiger partial charge in [0.05, 0.1) is 7.11 Å². The Morgan fingerprint density at radius 3 is 2.60 bits per heavy atom. The van der Waals surface area contributed by atoms with Crippen LogP contribution in [0, 0.1) is 0 Å². The van der Waals surface area contributed by atoms with Crippen molar-refractivity contribution in [2.45, 2.75) is 32.4 Å². The van der Waals surface area contributed by atoms with Gasteiger partial charge in [-0.1, -0.05) is 43.7 Å². The van der Waals surface area contributed by atoms with Crippen LogP contribution < -0.4 is 0 Å².